The van der Waals surface area contributed by atoms with E-state index in [2.05, 4.69) is 10.6 Å². The molecule has 0 radical (unpaired) electrons. The first-order chi connectivity index (χ1) is 14.7. The van der Waals surface area contributed by atoms with E-state index in [4.69, 9.17) is 11.6 Å². The summed E-state index contributed by atoms with van der Waals surface area (Å²) >= 11 is 6.17. The molecule has 0 saturated heterocycles. The molecule has 0 fully saturated rings. The van der Waals surface area contributed by atoms with Crippen molar-refractivity contribution in [3.8, 4) is 0 Å². The van der Waals surface area contributed by atoms with Gasteiger partial charge >= 0.3 is 6.03 Å². The van der Waals surface area contributed by atoms with Crippen LogP contribution in [0.25, 0.3) is 0 Å². The summed E-state index contributed by atoms with van der Waals surface area (Å²) in [6.45, 7) is 4.19. The van der Waals surface area contributed by atoms with Gasteiger partial charge in [0.1, 0.15) is 0 Å². The zero-order valence-corrected chi connectivity index (χ0v) is 18.7. The number of halogens is 1. The average molecular weight is 456 g/mol. The fourth-order valence-corrected chi connectivity index (χ4v) is 5.30. The quantitative estimate of drug-likeness (QED) is 0.556. The fourth-order valence-electron chi connectivity index (χ4n) is 3.52. The van der Waals surface area contributed by atoms with Crippen molar-refractivity contribution < 1.29 is 13.2 Å². The molecule has 0 unspecified atom stereocenters. The molecule has 0 atom stereocenters. The largest absolute Gasteiger partial charge is 0.323 e. The lowest BCUT2D eigenvalue weighted by Crippen LogP contribution is -2.29. The first-order valence-corrected chi connectivity index (χ1v) is 11.6. The van der Waals surface area contributed by atoms with E-state index in [1.807, 2.05) is 26.0 Å². The van der Waals surface area contributed by atoms with Crippen LogP contribution in [0.15, 0.2) is 65.6 Å². The van der Waals surface area contributed by atoms with Gasteiger partial charge in [-0.15, -0.1) is 0 Å². The number of aryl methyl sites for hydroxylation is 2. The third kappa shape index (κ3) is 4.38. The highest BCUT2D eigenvalue weighted by Gasteiger charge is 2.31. The van der Waals surface area contributed by atoms with Crippen LogP contribution in [0.5, 0.6) is 0 Å². The number of amides is 2. The van der Waals surface area contributed by atoms with E-state index in [1.165, 1.54) is 4.31 Å². The van der Waals surface area contributed by atoms with Crippen LogP contribution in [0.2, 0.25) is 5.02 Å². The van der Waals surface area contributed by atoms with Crippen LogP contribution in [0, 0.1) is 13.8 Å². The lowest BCUT2D eigenvalue weighted by Gasteiger charge is -2.20. The smallest absolute Gasteiger partial charge is 0.308 e. The molecule has 6 nitrogen and oxygen atoms in total. The summed E-state index contributed by atoms with van der Waals surface area (Å²) in [5.41, 5.74) is 4.46. The van der Waals surface area contributed by atoms with E-state index in [-0.39, 0.29) is 4.90 Å². The van der Waals surface area contributed by atoms with Crippen LogP contribution in [0.3, 0.4) is 0 Å². The number of hydrogen-bond acceptors (Lipinski definition) is 3. The number of nitrogens with one attached hydrogen (secondary N) is 2. The van der Waals surface area contributed by atoms with Gasteiger partial charge in [0.25, 0.3) is 10.0 Å². The molecule has 31 heavy (non-hydrogen) atoms. The lowest BCUT2D eigenvalue weighted by molar-refractivity contribution is 0.262. The average Bonchev–Trinajstić information content (AvgIpc) is 3.14. The molecular formula is C23H22ClN3O3S. The van der Waals surface area contributed by atoms with Crippen molar-refractivity contribution >= 4 is 44.7 Å². The van der Waals surface area contributed by atoms with Gasteiger partial charge in [0.2, 0.25) is 0 Å². The number of carbonyl (C=O) groups excluding carboxylic acids is 1. The van der Waals surface area contributed by atoms with Crippen molar-refractivity contribution in [2.24, 2.45) is 0 Å². The van der Waals surface area contributed by atoms with Gasteiger partial charge in [0.05, 0.1) is 21.3 Å². The molecule has 0 saturated carbocycles. The van der Waals surface area contributed by atoms with E-state index in [1.54, 1.807) is 48.5 Å². The highest BCUT2D eigenvalue weighted by molar-refractivity contribution is 7.92. The topological polar surface area (TPSA) is 78.5 Å². The number of rotatable bonds is 4. The molecule has 8 heteroatoms. The summed E-state index contributed by atoms with van der Waals surface area (Å²) in [5, 5.41) is 5.91. The Hall–Kier alpha value is -3.03. The van der Waals surface area contributed by atoms with Crippen molar-refractivity contribution in [2.75, 3.05) is 21.5 Å². The molecule has 160 valence electrons. The van der Waals surface area contributed by atoms with E-state index < -0.39 is 16.1 Å². The number of hydrogen-bond donors (Lipinski definition) is 2. The van der Waals surface area contributed by atoms with Gasteiger partial charge in [0, 0.05) is 12.2 Å². The zero-order chi connectivity index (χ0) is 22.2. The molecule has 1 heterocycles. The van der Waals surface area contributed by atoms with E-state index >= 15 is 0 Å². The van der Waals surface area contributed by atoms with Gasteiger partial charge in [-0.1, -0.05) is 41.4 Å². The monoisotopic (exact) mass is 455 g/mol. The van der Waals surface area contributed by atoms with Crippen LogP contribution >= 0.6 is 11.6 Å². The van der Waals surface area contributed by atoms with Crippen molar-refractivity contribution in [3.05, 3.63) is 82.4 Å². The van der Waals surface area contributed by atoms with Gasteiger partial charge in [-0.05, 0) is 67.8 Å². The minimum atomic E-state index is -3.68. The van der Waals surface area contributed by atoms with Gasteiger partial charge in [-0.2, -0.15) is 0 Å². The molecule has 1 aliphatic heterocycles. The number of benzene rings is 3. The Kier molecular flexibility index (Phi) is 5.64. The first kappa shape index (κ1) is 21.2. The number of anilines is 3. The number of carbonyl (C=O) groups is 1. The summed E-state index contributed by atoms with van der Waals surface area (Å²) in [7, 11) is -3.68. The third-order valence-electron chi connectivity index (χ3n) is 5.18. The summed E-state index contributed by atoms with van der Waals surface area (Å²) < 4.78 is 27.7. The fraction of sp³-hybridized carbons (Fsp3) is 0.174. The Morgan fingerprint density at radius 3 is 2.35 bits per heavy atom. The van der Waals surface area contributed by atoms with Crippen molar-refractivity contribution in [1.82, 2.24) is 0 Å². The summed E-state index contributed by atoms with van der Waals surface area (Å²) in [4.78, 5) is 12.7. The molecule has 3 aromatic carbocycles. The Labute approximate surface area is 186 Å². The van der Waals surface area contributed by atoms with Crippen LogP contribution in [-0.2, 0) is 16.4 Å². The molecule has 0 spiro atoms. The number of fused-ring (bicyclic) bond motifs is 1. The second-order valence-corrected chi connectivity index (χ2v) is 9.82. The highest BCUT2D eigenvalue weighted by atomic mass is 35.5. The first-order valence-electron chi connectivity index (χ1n) is 9.80. The second-order valence-electron chi connectivity index (χ2n) is 7.55. The van der Waals surface area contributed by atoms with Gasteiger partial charge in [-0.25, -0.2) is 13.2 Å². The molecule has 2 N–H and O–H groups in total. The van der Waals surface area contributed by atoms with Gasteiger partial charge < -0.3 is 10.6 Å². The Balaban J connectivity index is 1.55. The second kappa shape index (κ2) is 8.24. The maximum Gasteiger partial charge on any atom is 0.323 e. The Bertz CT molecular complexity index is 1260. The summed E-state index contributed by atoms with van der Waals surface area (Å²) in [6, 6.07) is 17.0. The maximum absolute atomic E-state index is 13.2. The minimum Gasteiger partial charge on any atom is -0.308 e. The number of urea groups is 1. The molecule has 1 aliphatic rings. The molecule has 0 bridgehead atoms. The summed E-state index contributed by atoms with van der Waals surface area (Å²) in [6.07, 6.45) is 0.617. The predicted molar refractivity (Wildman–Crippen MR) is 125 cm³/mol. The third-order valence-corrected chi connectivity index (χ3v) is 7.32. The van der Waals surface area contributed by atoms with Crippen molar-refractivity contribution in [1.29, 1.82) is 0 Å². The SMILES string of the molecule is Cc1ccc(S(=O)(=O)N2CCc3ccc(NC(=O)Nc4ccc(C)cc4Cl)cc32)cc1. The van der Waals surface area contributed by atoms with Gasteiger partial charge in [0.15, 0.2) is 0 Å². The van der Waals surface area contributed by atoms with Crippen molar-refractivity contribution in [2.45, 2.75) is 25.2 Å². The number of sulfonamides is 1. The van der Waals surface area contributed by atoms with E-state index in [0.29, 0.717) is 35.1 Å². The predicted octanol–water partition coefficient (Wildman–Crippen LogP) is 5.35. The Morgan fingerprint density at radius 2 is 1.65 bits per heavy atom. The van der Waals surface area contributed by atoms with E-state index in [0.717, 1.165) is 16.7 Å². The van der Waals surface area contributed by atoms with Crippen LogP contribution in [-0.4, -0.2) is 21.0 Å². The van der Waals surface area contributed by atoms with Gasteiger partial charge in [-0.3, -0.25) is 4.31 Å². The Morgan fingerprint density at radius 1 is 0.935 bits per heavy atom. The molecular weight excluding hydrogens is 434 g/mol. The molecule has 4 rings (SSSR count). The van der Waals surface area contributed by atoms with Crippen LogP contribution in [0.1, 0.15) is 16.7 Å². The lowest BCUT2D eigenvalue weighted by atomic mass is 10.1. The molecule has 0 aliphatic carbocycles. The number of nitrogens with zero attached hydrogens (tertiary/aromatic N) is 1. The molecule has 2 amide bonds. The highest BCUT2D eigenvalue weighted by Crippen LogP contribution is 2.35. The minimum absolute atomic E-state index is 0.246. The van der Waals surface area contributed by atoms with Crippen LogP contribution in [0.4, 0.5) is 21.9 Å². The van der Waals surface area contributed by atoms with Crippen molar-refractivity contribution in [3.63, 3.8) is 0 Å². The normalized spacial score (nSPS) is 13.1. The maximum atomic E-state index is 13.2. The van der Waals surface area contributed by atoms with Crippen LogP contribution < -0.4 is 14.9 Å². The standard InChI is InChI=1S/C23H22ClN3O3S/c1-15-3-8-19(9-4-15)31(29,30)27-12-11-17-6-7-18(14-22(17)27)25-23(28)26-21-10-5-16(2)13-20(21)24/h3-10,13-14H,11-12H2,1-2H3,(H2,25,26,28). The van der Waals surface area contributed by atoms with E-state index in [9.17, 15) is 13.2 Å². The molecule has 0 aromatic heterocycles. The molecule has 3 aromatic rings. The summed E-state index contributed by atoms with van der Waals surface area (Å²) in [5.74, 6) is 0. The zero-order valence-electron chi connectivity index (χ0n) is 17.1.